The SMILES string of the molecule is O=S(CCSSC1CCCCC1)Cc1ccccc1. The maximum Gasteiger partial charge on any atom is 0.0485 e. The van der Waals surface area contributed by atoms with Crippen molar-refractivity contribution < 1.29 is 4.21 Å². The molecule has 19 heavy (non-hydrogen) atoms. The van der Waals surface area contributed by atoms with Gasteiger partial charge in [0.25, 0.3) is 0 Å². The average Bonchev–Trinajstić information content (AvgIpc) is 2.46. The third kappa shape index (κ3) is 6.37. The average molecular weight is 315 g/mol. The third-order valence-corrected chi connectivity index (χ3v) is 7.87. The minimum absolute atomic E-state index is 0.704. The van der Waals surface area contributed by atoms with Crippen molar-refractivity contribution >= 4 is 32.4 Å². The lowest BCUT2D eigenvalue weighted by Crippen LogP contribution is -2.07. The van der Waals surface area contributed by atoms with E-state index in [9.17, 15) is 4.21 Å². The van der Waals surface area contributed by atoms with E-state index in [4.69, 9.17) is 0 Å². The van der Waals surface area contributed by atoms with Gasteiger partial charge in [-0.1, -0.05) is 71.2 Å². The first-order chi connectivity index (χ1) is 9.34. The van der Waals surface area contributed by atoms with Gasteiger partial charge in [0, 0.05) is 33.3 Å². The Morgan fingerprint density at radius 3 is 2.58 bits per heavy atom. The number of rotatable bonds is 7. The predicted octanol–water partition coefficient (Wildman–Crippen LogP) is 4.65. The second kappa shape index (κ2) is 9.09. The molecular formula is C15H22OS3. The van der Waals surface area contributed by atoms with Gasteiger partial charge in [0.15, 0.2) is 0 Å². The largest absolute Gasteiger partial charge is 0.259 e. The van der Waals surface area contributed by atoms with Crippen LogP contribution in [0, 0.1) is 0 Å². The van der Waals surface area contributed by atoms with Crippen LogP contribution in [0.5, 0.6) is 0 Å². The van der Waals surface area contributed by atoms with Crippen molar-refractivity contribution in [1.82, 2.24) is 0 Å². The molecule has 1 aliphatic rings. The van der Waals surface area contributed by atoms with Crippen LogP contribution in [-0.4, -0.2) is 21.0 Å². The van der Waals surface area contributed by atoms with Crippen molar-refractivity contribution in [3.8, 4) is 0 Å². The van der Waals surface area contributed by atoms with Crippen LogP contribution in [0.3, 0.4) is 0 Å². The van der Waals surface area contributed by atoms with E-state index in [0.29, 0.717) is 5.75 Å². The van der Waals surface area contributed by atoms with Gasteiger partial charge in [-0.15, -0.1) is 0 Å². The summed E-state index contributed by atoms with van der Waals surface area (Å²) in [5.41, 5.74) is 1.19. The summed E-state index contributed by atoms with van der Waals surface area (Å²) < 4.78 is 12.0. The van der Waals surface area contributed by atoms with Crippen LogP contribution < -0.4 is 0 Å². The van der Waals surface area contributed by atoms with E-state index in [-0.39, 0.29) is 0 Å². The molecule has 1 aromatic rings. The summed E-state index contributed by atoms with van der Waals surface area (Å²) in [4.78, 5) is 0. The van der Waals surface area contributed by atoms with Gasteiger partial charge in [-0.05, 0) is 18.4 Å². The molecule has 1 aliphatic carbocycles. The Labute approximate surface area is 127 Å². The van der Waals surface area contributed by atoms with Gasteiger partial charge < -0.3 is 0 Å². The van der Waals surface area contributed by atoms with Gasteiger partial charge >= 0.3 is 0 Å². The molecule has 0 N–H and O–H groups in total. The minimum Gasteiger partial charge on any atom is -0.259 e. The monoisotopic (exact) mass is 314 g/mol. The van der Waals surface area contributed by atoms with Crippen molar-refractivity contribution in [3.05, 3.63) is 35.9 Å². The molecule has 0 bridgehead atoms. The van der Waals surface area contributed by atoms with E-state index in [1.165, 1.54) is 37.7 Å². The molecule has 1 unspecified atom stereocenters. The quantitative estimate of drug-likeness (QED) is 0.539. The summed E-state index contributed by atoms with van der Waals surface area (Å²) >= 11 is 0. The fraction of sp³-hybridized carbons (Fsp3) is 0.600. The van der Waals surface area contributed by atoms with Gasteiger partial charge in [0.1, 0.15) is 0 Å². The zero-order valence-corrected chi connectivity index (χ0v) is 13.7. The Hall–Kier alpha value is 0.0700. The van der Waals surface area contributed by atoms with Crippen LogP contribution in [0.2, 0.25) is 0 Å². The van der Waals surface area contributed by atoms with Crippen molar-refractivity contribution in [2.45, 2.75) is 43.1 Å². The lowest BCUT2D eigenvalue weighted by Gasteiger charge is -2.19. The standard InChI is InChI=1S/C15H22OS3/c16-19(13-14-7-3-1-4-8-14)12-11-17-18-15-9-5-2-6-10-15/h1,3-4,7-8,15H,2,5-6,9-13H2. The lowest BCUT2D eigenvalue weighted by atomic mass is 10.0. The fourth-order valence-electron chi connectivity index (χ4n) is 2.26. The number of hydrogen-bond acceptors (Lipinski definition) is 3. The summed E-state index contributed by atoms with van der Waals surface area (Å²) in [5, 5.41) is 0.848. The molecule has 0 heterocycles. The highest BCUT2D eigenvalue weighted by Crippen LogP contribution is 2.35. The molecule has 0 aliphatic heterocycles. The highest BCUT2D eigenvalue weighted by Gasteiger charge is 2.13. The maximum absolute atomic E-state index is 12.0. The van der Waals surface area contributed by atoms with E-state index in [1.807, 2.05) is 39.8 Å². The molecule has 2 rings (SSSR count). The Bertz CT molecular complexity index is 374. The van der Waals surface area contributed by atoms with E-state index >= 15 is 0 Å². The predicted molar refractivity (Wildman–Crippen MR) is 90.1 cm³/mol. The number of hydrogen-bond donors (Lipinski definition) is 0. The topological polar surface area (TPSA) is 17.1 Å². The highest BCUT2D eigenvalue weighted by atomic mass is 33.1. The molecule has 1 aromatic carbocycles. The molecule has 1 atom stereocenters. The van der Waals surface area contributed by atoms with Crippen LogP contribution >= 0.6 is 21.6 Å². The minimum atomic E-state index is -0.712. The third-order valence-electron chi connectivity index (χ3n) is 3.32. The first-order valence-electron chi connectivity index (χ1n) is 7.02. The summed E-state index contributed by atoms with van der Waals surface area (Å²) in [6.45, 7) is 0. The molecule has 1 nitrogen and oxygen atoms in total. The zero-order chi connectivity index (χ0) is 13.3. The molecule has 0 saturated heterocycles. The van der Waals surface area contributed by atoms with Crippen molar-refractivity contribution in [3.63, 3.8) is 0 Å². The Balaban J connectivity index is 1.56. The van der Waals surface area contributed by atoms with Gasteiger partial charge in [-0.25, -0.2) is 0 Å². The molecule has 0 amide bonds. The van der Waals surface area contributed by atoms with E-state index < -0.39 is 10.8 Å². The summed E-state index contributed by atoms with van der Waals surface area (Å²) in [6, 6.07) is 10.1. The van der Waals surface area contributed by atoms with Gasteiger partial charge in [-0.3, -0.25) is 4.21 Å². The molecule has 106 valence electrons. The van der Waals surface area contributed by atoms with Crippen LogP contribution in [0.15, 0.2) is 30.3 Å². The van der Waals surface area contributed by atoms with Gasteiger partial charge in [-0.2, -0.15) is 0 Å². The molecule has 0 spiro atoms. The maximum atomic E-state index is 12.0. The van der Waals surface area contributed by atoms with Gasteiger partial charge in [0.2, 0.25) is 0 Å². The van der Waals surface area contributed by atoms with Crippen molar-refractivity contribution in [1.29, 1.82) is 0 Å². The molecule has 0 aromatic heterocycles. The Morgan fingerprint density at radius 2 is 1.84 bits per heavy atom. The van der Waals surface area contributed by atoms with Crippen molar-refractivity contribution in [2.24, 2.45) is 0 Å². The molecule has 4 heteroatoms. The molecule has 1 fully saturated rings. The van der Waals surface area contributed by atoms with Crippen molar-refractivity contribution in [2.75, 3.05) is 11.5 Å². The molecule has 0 radical (unpaired) electrons. The fourth-order valence-corrected chi connectivity index (χ4v) is 6.86. The van der Waals surface area contributed by atoms with Crippen LogP contribution in [0.25, 0.3) is 0 Å². The first kappa shape index (κ1) is 15.5. The normalized spacial score (nSPS) is 18.3. The molecular weight excluding hydrogens is 292 g/mol. The van der Waals surface area contributed by atoms with Gasteiger partial charge in [0.05, 0.1) is 0 Å². The Morgan fingerprint density at radius 1 is 1.11 bits per heavy atom. The van der Waals surface area contributed by atoms with E-state index in [1.54, 1.807) is 0 Å². The lowest BCUT2D eigenvalue weighted by molar-refractivity contribution is 0.517. The Kier molecular flexibility index (Phi) is 7.39. The highest BCUT2D eigenvalue weighted by molar-refractivity contribution is 8.77. The summed E-state index contributed by atoms with van der Waals surface area (Å²) in [6.07, 6.45) is 6.98. The zero-order valence-electron chi connectivity index (χ0n) is 11.3. The van der Waals surface area contributed by atoms with E-state index in [2.05, 4.69) is 12.1 Å². The van der Waals surface area contributed by atoms with Crippen LogP contribution in [0.4, 0.5) is 0 Å². The smallest absolute Gasteiger partial charge is 0.0485 e. The van der Waals surface area contributed by atoms with Crippen LogP contribution in [-0.2, 0) is 16.6 Å². The number of benzene rings is 1. The van der Waals surface area contributed by atoms with E-state index in [0.717, 1.165) is 16.8 Å². The first-order valence-corrected chi connectivity index (χ1v) is 10.9. The summed E-state index contributed by atoms with van der Waals surface area (Å²) in [5.74, 6) is 2.54. The molecule has 1 saturated carbocycles. The summed E-state index contributed by atoms with van der Waals surface area (Å²) in [7, 11) is 3.24. The second-order valence-electron chi connectivity index (χ2n) is 4.95. The second-order valence-corrected chi connectivity index (χ2v) is 9.32. The van der Waals surface area contributed by atoms with Crippen LogP contribution in [0.1, 0.15) is 37.7 Å².